The quantitative estimate of drug-likeness (QED) is 0.488. The summed E-state index contributed by atoms with van der Waals surface area (Å²) in [4.78, 5) is 0.307. The highest BCUT2D eigenvalue weighted by Gasteiger charge is 2.46. The number of hydrogen-bond acceptors (Lipinski definition) is 2. The highest BCUT2D eigenvalue weighted by Crippen LogP contribution is 2.43. The molecule has 2 aliphatic rings. The van der Waals surface area contributed by atoms with Crippen molar-refractivity contribution >= 4 is 31.9 Å². The molecule has 1 aliphatic heterocycles. The SMILES string of the molecule is O=S(=O)(O)C1=CC(C(F)(F)F)=C2C(=[S+]c3ccccc32)C1. The lowest BCUT2D eigenvalue weighted by molar-refractivity contribution is -0.0876. The molecule has 1 heterocycles. The summed E-state index contributed by atoms with van der Waals surface area (Å²) in [6.07, 6.45) is -4.40. The molecule has 1 aromatic carbocycles. The molecule has 0 radical (unpaired) electrons. The fraction of sp³-hybridized carbons (Fsp3) is 0.154. The molecule has 0 atom stereocenters. The van der Waals surface area contributed by atoms with Crippen LogP contribution in [0.4, 0.5) is 13.2 Å². The van der Waals surface area contributed by atoms with E-state index < -0.39 is 26.8 Å². The van der Waals surface area contributed by atoms with Crippen LogP contribution in [0.3, 0.4) is 0 Å². The van der Waals surface area contributed by atoms with E-state index in [4.69, 9.17) is 4.55 Å². The number of allylic oxidation sites excluding steroid dienone is 4. The Hall–Kier alpha value is -1.51. The van der Waals surface area contributed by atoms with Gasteiger partial charge in [-0.05, 0) is 12.1 Å². The number of rotatable bonds is 1. The van der Waals surface area contributed by atoms with Gasteiger partial charge >= 0.3 is 6.18 Å². The van der Waals surface area contributed by atoms with Crippen molar-refractivity contribution in [2.45, 2.75) is 17.5 Å². The third-order valence-electron chi connectivity index (χ3n) is 3.21. The van der Waals surface area contributed by atoms with E-state index in [1.165, 1.54) is 0 Å². The summed E-state index contributed by atoms with van der Waals surface area (Å²) in [5.74, 6) is 0. The summed E-state index contributed by atoms with van der Waals surface area (Å²) >= 11 is 1.10. The number of alkyl halides is 3. The molecule has 0 bridgehead atoms. The van der Waals surface area contributed by atoms with Crippen LogP contribution < -0.4 is 0 Å². The predicted octanol–water partition coefficient (Wildman–Crippen LogP) is 2.81. The Labute approximate surface area is 122 Å². The first kappa shape index (κ1) is 14.4. The van der Waals surface area contributed by atoms with Crippen molar-refractivity contribution in [2.75, 3.05) is 0 Å². The van der Waals surface area contributed by atoms with Gasteiger partial charge < -0.3 is 0 Å². The molecule has 3 nitrogen and oxygen atoms in total. The van der Waals surface area contributed by atoms with Crippen LogP contribution in [-0.4, -0.2) is 24.0 Å². The molecule has 0 unspecified atom stereocenters. The summed E-state index contributed by atoms with van der Waals surface area (Å²) < 4.78 is 71.1. The summed E-state index contributed by atoms with van der Waals surface area (Å²) in [5, 5.41) is 0. The molecule has 0 spiro atoms. The number of halogens is 3. The fourth-order valence-corrected chi connectivity index (χ4v) is 4.27. The minimum absolute atomic E-state index is 0.00972. The molecule has 0 amide bonds. The van der Waals surface area contributed by atoms with Crippen molar-refractivity contribution in [3.63, 3.8) is 0 Å². The number of fused-ring (bicyclic) bond motifs is 3. The Morgan fingerprint density at radius 1 is 1.19 bits per heavy atom. The van der Waals surface area contributed by atoms with Crippen LogP contribution in [-0.2, 0) is 21.5 Å². The van der Waals surface area contributed by atoms with Crippen LogP contribution in [0.5, 0.6) is 0 Å². The largest absolute Gasteiger partial charge is 0.417 e. The Morgan fingerprint density at radius 3 is 2.48 bits per heavy atom. The van der Waals surface area contributed by atoms with E-state index in [2.05, 4.69) is 0 Å². The Bertz CT molecular complexity index is 830. The zero-order chi connectivity index (χ0) is 15.4. The Kier molecular flexibility index (Phi) is 3.09. The molecule has 1 N–H and O–H groups in total. The molecule has 0 aromatic heterocycles. The predicted molar refractivity (Wildman–Crippen MR) is 74.3 cm³/mol. The maximum atomic E-state index is 13.2. The normalized spacial score (nSPS) is 18.1. The highest BCUT2D eigenvalue weighted by molar-refractivity contribution is 7.90. The Morgan fingerprint density at radius 2 is 1.86 bits per heavy atom. The van der Waals surface area contributed by atoms with Gasteiger partial charge in [-0.25, -0.2) is 0 Å². The van der Waals surface area contributed by atoms with Gasteiger partial charge in [-0.2, -0.15) is 21.6 Å². The standard InChI is InChI=1S/C13H7F3O3S2/c14-13(15,16)9-5-7(21(17,18)19)6-11-12(9)8-3-1-2-4-10(8)20-11/h1-5H,6H2/p+1. The third-order valence-corrected chi connectivity index (χ3v) is 5.31. The molecule has 21 heavy (non-hydrogen) atoms. The summed E-state index contributed by atoms with van der Waals surface area (Å²) in [6.45, 7) is 0. The molecule has 110 valence electrons. The van der Waals surface area contributed by atoms with Crippen molar-refractivity contribution in [3.8, 4) is 0 Å². The minimum Gasteiger partial charge on any atom is -0.282 e. The van der Waals surface area contributed by atoms with E-state index in [-0.39, 0.29) is 12.0 Å². The summed E-state index contributed by atoms with van der Waals surface area (Å²) in [6, 6.07) is 6.59. The first-order chi connectivity index (χ1) is 9.68. The molecular formula is C13H8F3O3S2+. The van der Waals surface area contributed by atoms with E-state index in [0.29, 0.717) is 21.4 Å². The molecular weight excluding hydrogens is 325 g/mol. The third kappa shape index (κ3) is 2.43. The lowest BCUT2D eigenvalue weighted by atomic mass is 9.91. The topological polar surface area (TPSA) is 54.4 Å². The van der Waals surface area contributed by atoms with Gasteiger partial charge in [0.15, 0.2) is 0 Å². The highest BCUT2D eigenvalue weighted by atomic mass is 32.2. The molecule has 3 rings (SSSR count). The second-order valence-corrected chi connectivity index (χ2v) is 7.18. The molecule has 0 saturated carbocycles. The second kappa shape index (κ2) is 4.49. The van der Waals surface area contributed by atoms with Gasteiger partial charge in [0.2, 0.25) is 21.1 Å². The molecule has 8 heteroatoms. The number of benzene rings is 1. The smallest absolute Gasteiger partial charge is 0.282 e. The van der Waals surface area contributed by atoms with E-state index in [0.717, 1.165) is 11.4 Å². The maximum absolute atomic E-state index is 13.2. The zero-order valence-corrected chi connectivity index (χ0v) is 11.9. The van der Waals surface area contributed by atoms with Crippen LogP contribution in [0.25, 0.3) is 5.57 Å². The van der Waals surface area contributed by atoms with Gasteiger partial charge in [0.05, 0.1) is 28.0 Å². The fourth-order valence-electron chi connectivity index (χ4n) is 2.35. The van der Waals surface area contributed by atoms with Gasteiger partial charge in [0.1, 0.15) is 0 Å². The Balaban J connectivity index is 2.31. The van der Waals surface area contributed by atoms with Crippen LogP contribution in [0, 0.1) is 0 Å². The first-order valence-corrected chi connectivity index (χ1v) is 8.06. The van der Waals surface area contributed by atoms with Crippen molar-refractivity contribution in [2.24, 2.45) is 0 Å². The van der Waals surface area contributed by atoms with Gasteiger partial charge in [-0.15, -0.1) is 0 Å². The van der Waals surface area contributed by atoms with Gasteiger partial charge in [0, 0.05) is 6.07 Å². The molecule has 0 saturated heterocycles. The average molecular weight is 333 g/mol. The van der Waals surface area contributed by atoms with Gasteiger partial charge in [-0.1, -0.05) is 12.1 Å². The van der Waals surface area contributed by atoms with Crippen LogP contribution in [0.2, 0.25) is 0 Å². The first-order valence-electron chi connectivity index (χ1n) is 5.81. The second-order valence-electron chi connectivity index (χ2n) is 4.57. The van der Waals surface area contributed by atoms with Crippen LogP contribution >= 0.6 is 0 Å². The maximum Gasteiger partial charge on any atom is 0.417 e. The lowest BCUT2D eigenvalue weighted by Crippen LogP contribution is -2.21. The van der Waals surface area contributed by atoms with Crippen molar-refractivity contribution in [3.05, 3.63) is 46.4 Å². The van der Waals surface area contributed by atoms with E-state index in [1.54, 1.807) is 24.3 Å². The zero-order valence-electron chi connectivity index (χ0n) is 10.3. The van der Waals surface area contributed by atoms with Crippen molar-refractivity contribution in [1.29, 1.82) is 0 Å². The summed E-state index contributed by atoms with van der Waals surface area (Å²) in [5.41, 5.74) is -0.584. The monoisotopic (exact) mass is 333 g/mol. The minimum atomic E-state index is -4.70. The lowest BCUT2D eigenvalue weighted by Gasteiger charge is -2.16. The van der Waals surface area contributed by atoms with Gasteiger partial charge in [-0.3, -0.25) is 4.55 Å². The molecule has 1 aliphatic carbocycles. The molecule has 1 aromatic rings. The van der Waals surface area contributed by atoms with Crippen molar-refractivity contribution in [1.82, 2.24) is 0 Å². The van der Waals surface area contributed by atoms with Gasteiger partial charge in [0.25, 0.3) is 10.1 Å². The van der Waals surface area contributed by atoms with E-state index >= 15 is 0 Å². The molecule has 0 fully saturated rings. The van der Waals surface area contributed by atoms with Crippen LogP contribution in [0.1, 0.15) is 12.0 Å². The number of hydrogen-bond donors (Lipinski definition) is 1. The summed E-state index contributed by atoms with van der Waals surface area (Å²) in [7, 11) is -4.65. The average Bonchev–Trinajstić information content (AvgIpc) is 2.73. The van der Waals surface area contributed by atoms with E-state index in [1.807, 2.05) is 0 Å². The van der Waals surface area contributed by atoms with Crippen molar-refractivity contribution < 1.29 is 26.1 Å². The van der Waals surface area contributed by atoms with Crippen LogP contribution in [0.15, 0.2) is 45.7 Å². The van der Waals surface area contributed by atoms with E-state index in [9.17, 15) is 21.6 Å².